The summed E-state index contributed by atoms with van der Waals surface area (Å²) in [5.41, 5.74) is 2.68. The number of hydrogen-bond donors (Lipinski definition) is 3. The first-order valence-electron chi connectivity index (χ1n) is 10.6. The van der Waals surface area contributed by atoms with Crippen molar-refractivity contribution in [2.24, 2.45) is 11.8 Å². The van der Waals surface area contributed by atoms with Crippen molar-refractivity contribution >= 4 is 11.9 Å². The van der Waals surface area contributed by atoms with Gasteiger partial charge in [0.15, 0.2) is 0 Å². The predicted octanol–water partition coefficient (Wildman–Crippen LogP) is 0.995. The molecular weight excluding hydrogens is 416 g/mol. The first-order valence-corrected chi connectivity index (χ1v) is 10.6. The number of benzene rings is 1. The molecule has 1 aliphatic rings. The Hall–Kier alpha value is -2.82. The summed E-state index contributed by atoms with van der Waals surface area (Å²) >= 11 is 0. The molecule has 2 unspecified atom stereocenters. The average Bonchev–Trinajstić information content (AvgIpc) is 3.22. The van der Waals surface area contributed by atoms with Crippen LogP contribution in [0.2, 0.25) is 0 Å². The van der Waals surface area contributed by atoms with Crippen LogP contribution in [0.5, 0.6) is 0 Å². The molecule has 1 aliphatic heterocycles. The molecule has 1 amide bonds. The number of aliphatic hydroxyl groups excluding tert-OH is 2. The normalized spacial score (nSPS) is 25.4. The van der Waals surface area contributed by atoms with Gasteiger partial charge in [-0.1, -0.05) is 25.1 Å². The van der Waals surface area contributed by atoms with Gasteiger partial charge in [0.1, 0.15) is 5.69 Å². The molecule has 0 saturated carbocycles. The van der Waals surface area contributed by atoms with E-state index in [0.717, 1.165) is 5.56 Å². The summed E-state index contributed by atoms with van der Waals surface area (Å²) in [6, 6.07) is 4.87. The third-order valence-electron chi connectivity index (χ3n) is 5.86. The Balaban J connectivity index is 1.79. The largest absolute Gasteiger partial charge is 0.434 e. The van der Waals surface area contributed by atoms with Gasteiger partial charge in [0.2, 0.25) is 12.2 Å². The summed E-state index contributed by atoms with van der Waals surface area (Å²) in [6.07, 6.45) is 0.536. The summed E-state index contributed by atoms with van der Waals surface area (Å²) < 4.78 is 13.1. The topological polar surface area (TPSA) is 136 Å². The van der Waals surface area contributed by atoms with Crippen LogP contribution in [0.4, 0.5) is 0 Å². The van der Waals surface area contributed by atoms with Crippen LogP contribution in [0.15, 0.2) is 24.4 Å². The Labute approximate surface area is 186 Å². The molecule has 32 heavy (non-hydrogen) atoms. The van der Waals surface area contributed by atoms with E-state index in [-0.39, 0.29) is 37.1 Å². The van der Waals surface area contributed by atoms with Gasteiger partial charge in [-0.3, -0.25) is 9.59 Å². The van der Waals surface area contributed by atoms with Crippen molar-refractivity contribution in [3.63, 3.8) is 0 Å². The Morgan fingerprint density at radius 2 is 1.78 bits per heavy atom. The molecule has 1 aromatic carbocycles. The molecule has 2 heterocycles. The van der Waals surface area contributed by atoms with E-state index in [1.165, 1.54) is 13.8 Å². The Morgan fingerprint density at radius 1 is 1.12 bits per heavy atom. The molecule has 3 rings (SSSR count). The van der Waals surface area contributed by atoms with Crippen LogP contribution >= 0.6 is 0 Å². The molecular formula is C22H30N4O6. The first kappa shape index (κ1) is 23.8. The van der Waals surface area contributed by atoms with Crippen LogP contribution in [0, 0.1) is 11.8 Å². The highest BCUT2D eigenvalue weighted by Crippen LogP contribution is 2.32. The van der Waals surface area contributed by atoms with Gasteiger partial charge in [0.25, 0.3) is 0 Å². The number of hydrogen-bond acceptors (Lipinski definition) is 8. The summed E-state index contributed by atoms with van der Waals surface area (Å²) in [5.74, 6) is -0.692. The highest BCUT2D eigenvalue weighted by atomic mass is 16.7. The van der Waals surface area contributed by atoms with Crippen LogP contribution in [0.1, 0.15) is 38.8 Å². The number of aliphatic hydroxyl groups is 2. The van der Waals surface area contributed by atoms with Crippen LogP contribution in [0.25, 0.3) is 11.3 Å². The summed E-state index contributed by atoms with van der Waals surface area (Å²) in [6.45, 7) is 6.80. The Bertz CT molecular complexity index is 939. The lowest BCUT2D eigenvalue weighted by Gasteiger charge is -2.44. The minimum Gasteiger partial charge on any atom is -0.434 e. The highest BCUT2D eigenvalue weighted by molar-refractivity contribution is 5.73. The number of nitrogens with one attached hydrogen (secondary N) is 1. The van der Waals surface area contributed by atoms with E-state index in [1.54, 1.807) is 29.1 Å². The monoisotopic (exact) mass is 446 g/mol. The van der Waals surface area contributed by atoms with Gasteiger partial charge in [0.05, 0.1) is 38.1 Å². The quantitative estimate of drug-likeness (QED) is 0.536. The molecule has 174 valence electrons. The summed E-state index contributed by atoms with van der Waals surface area (Å²) in [7, 11) is 0. The molecule has 1 saturated heterocycles. The van der Waals surface area contributed by atoms with Gasteiger partial charge >= 0.3 is 5.97 Å². The maximum Gasteiger partial charge on any atom is 0.305 e. The van der Waals surface area contributed by atoms with E-state index >= 15 is 0 Å². The second-order valence-electron chi connectivity index (χ2n) is 8.28. The number of aromatic nitrogens is 3. The zero-order chi connectivity index (χ0) is 23.4. The fourth-order valence-corrected chi connectivity index (χ4v) is 4.00. The number of carbonyl (C=O) groups is 2. The molecule has 10 nitrogen and oxygen atoms in total. The van der Waals surface area contributed by atoms with E-state index in [0.29, 0.717) is 23.4 Å². The number of amides is 1. The predicted molar refractivity (Wildman–Crippen MR) is 114 cm³/mol. The van der Waals surface area contributed by atoms with Gasteiger partial charge < -0.3 is 25.0 Å². The third kappa shape index (κ3) is 5.50. The van der Waals surface area contributed by atoms with Crippen molar-refractivity contribution in [2.75, 3.05) is 0 Å². The smallest absolute Gasteiger partial charge is 0.305 e. The van der Waals surface area contributed by atoms with Crippen molar-refractivity contribution in [1.82, 2.24) is 20.3 Å². The zero-order valence-electron chi connectivity index (χ0n) is 18.7. The van der Waals surface area contributed by atoms with E-state index in [1.807, 2.05) is 13.8 Å². The van der Waals surface area contributed by atoms with Gasteiger partial charge in [0, 0.05) is 19.4 Å². The summed E-state index contributed by atoms with van der Waals surface area (Å²) in [4.78, 5) is 23.2. The van der Waals surface area contributed by atoms with Crippen LogP contribution in [-0.4, -0.2) is 55.5 Å². The number of carbonyl (C=O) groups excluding carboxylic acids is 2. The number of ether oxygens (including phenoxy) is 2. The van der Waals surface area contributed by atoms with Crippen molar-refractivity contribution in [2.45, 2.75) is 65.9 Å². The Morgan fingerprint density at radius 3 is 2.34 bits per heavy atom. The third-order valence-corrected chi connectivity index (χ3v) is 5.86. The van der Waals surface area contributed by atoms with Gasteiger partial charge in [-0.25, -0.2) is 4.68 Å². The minimum atomic E-state index is -0.899. The number of rotatable bonds is 7. The first-order chi connectivity index (χ1) is 15.2. The lowest BCUT2D eigenvalue weighted by molar-refractivity contribution is -0.233. The minimum absolute atomic E-state index is 0.0154. The van der Waals surface area contributed by atoms with E-state index in [2.05, 4.69) is 15.6 Å². The molecule has 0 spiro atoms. The van der Waals surface area contributed by atoms with Crippen LogP contribution < -0.4 is 5.32 Å². The van der Waals surface area contributed by atoms with Crippen molar-refractivity contribution in [3.05, 3.63) is 35.5 Å². The van der Waals surface area contributed by atoms with E-state index in [9.17, 15) is 19.8 Å². The maximum atomic E-state index is 11.6. The van der Waals surface area contributed by atoms with E-state index in [4.69, 9.17) is 9.47 Å². The van der Waals surface area contributed by atoms with Crippen LogP contribution in [0.3, 0.4) is 0 Å². The van der Waals surface area contributed by atoms with Gasteiger partial charge in [-0.2, -0.15) is 0 Å². The van der Waals surface area contributed by atoms with Crippen molar-refractivity contribution in [3.8, 4) is 11.3 Å². The molecule has 0 radical (unpaired) electrons. The fourth-order valence-electron chi connectivity index (χ4n) is 4.00. The van der Waals surface area contributed by atoms with Crippen molar-refractivity contribution < 1.29 is 29.3 Å². The lowest BCUT2D eigenvalue weighted by Crippen LogP contribution is -2.58. The maximum absolute atomic E-state index is 11.6. The second-order valence-corrected chi connectivity index (χ2v) is 8.28. The molecule has 1 fully saturated rings. The molecule has 1 aromatic heterocycles. The van der Waals surface area contributed by atoms with Gasteiger partial charge in [-0.05, 0) is 35.1 Å². The molecule has 2 aromatic rings. The van der Waals surface area contributed by atoms with Crippen molar-refractivity contribution in [1.29, 1.82) is 0 Å². The zero-order valence-corrected chi connectivity index (χ0v) is 18.7. The number of nitrogens with zero attached hydrogens (tertiary/aromatic N) is 3. The molecule has 3 N–H and O–H groups in total. The molecule has 10 heteroatoms. The van der Waals surface area contributed by atoms with Crippen LogP contribution in [-0.2, 0) is 38.8 Å². The summed E-state index contributed by atoms with van der Waals surface area (Å²) in [5, 5.41) is 30.2. The number of esters is 1. The average molecular weight is 447 g/mol. The van der Waals surface area contributed by atoms with Gasteiger partial charge in [-0.15, -0.1) is 5.10 Å². The standard InChI is InChI=1S/C22H30N4O6/c1-12-13(2)21(23-14(3)29)22(31-15(4)30)32-20(12)9-26-8-19(24-25-26)18-6-16(10-27)5-17(7-18)11-28/h5-8,12-13,20-22,27-28H,9-11H2,1-4H3,(H,23,29)/t12-,13-,20?,21?,22+/m0/s1. The Kier molecular flexibility index (Phi) is 7.60. The molecule has 5 atom stereocenters. The fraction of sp³-hybridized carbons (Fsp3) is 0.545. The molecule has 0 bridgehead atoms. The molecule has 0 aliphatic carbocycles. The SMILES string of the molecule is CC(=O)NC1[C@H](OC(C)=O)OC(Cn2cc(-c3cc(CO)cc(CO)c3)nn2)[C@@H](C)[C@@H]1C. The van der Waals surface area contributed by atoms with E-state index < -0.39 is 18.3 Å². The lowest BCUT2D eigenvalue weighted by atomic mass is 9.82. The highest BCUT2D eigenvalue weighted by Gasteiger charge is 2.43. The second kappa shape index (κ2) is 10.2.